The van der Waals surface area contributed by atoms with Crippen LogP contribution in [-0.4, -0.2) is 130 Å². The lowest BCUT2D eigenvalue weighted by Gasteiger charge is -2.25. The van der Waals surface area contributed by atoms with Crippen LogP contribution >= 0.6 is 11.6 Å². The number of nitrogens with zero attached hydrogens (tertiary/aromatic N) is 11. The van der Waals surface area contributed by atoms with Gasteiger partial charge in [-0.2, -0.15) is 20.4 Å². The summed E-state index contributed by atoms with van der Waals surface area (Å²) in [7, 11) is 10.7. The van der Waals surface area contributed by atoms with E-state index in [2.05, 4.69) is 80.7 Å². The second-order valence-electron chi connectivity index (χ2n) is 15.5. The van der Waals surface area contributed by atoms with Crippen LogP contribution in [0.1, 0.15) is 22.5 Å². The van der Waals surface area contributed by atoms with Crippen molar-refractivity contribution in [1.82, 2.24) is 54.4 Å². The topological polar surface area (TPSA) is 149 Å². The Labute approximate surface area is 386 Å². The van der Waals surface area contributed by atoms with Crippen molar-refractivity contribution < 1.29 is 18.9 Å². The molecule has 6 heterocycles. The van der Waals surface area contributed by atoms with E-state index in [-0.39, 0.29) is 0 Å². The van der Waals surface area contributed by atoms with Crippen LogP contribution in [0.4, 0.5) is 5.69 Å². The van der Waals surface area contributed by atoms with Gasteiger partial charge < -0.3 is 29.2 Å². The molecule has 2 aromatic carbocycles. The number of aryl methyl sites for hydroxylation is 6. The normalized spacial score (nSPS) is 11.2. The predicted molar refractivity (Wildman–Crippen MR) is 259 cm³/mol. The average molecular weight is 906 g/mol. The second-order valence-corrected chi connectivity index (χ2v) is 15.9. The van der Waals surface area contributed by atoms with Gasteiger partial charge in [-0.25, -0.2) is 19.3 Å². The van der Waals surface area contributed by atoms with Crippen molar-refractivity contribution in [3.8, 4) is 33.9 Å². The minimum atomic E-state index is 0.630. The van der Waals surface area contributed by atoms with E-state index in [0.717, 1.165) is 124 Å². The molecule has 0 fully saturated rings. The highest BCUT2D eigenvalue weighted by Crippen LogP contribution is 2.36. The third-order valence-electron chi connectivity index (χ3n) is 10.7. The Balaban J connectivity index is 0.000000186. The van der Waals surface area contributed by atoms with E-state index < -0.39 is 0 Å². The molecular formula is C48H61ClN12O4. The summed E-state index contributed by atoms with van der Waals surface area (Å²) in [5, 5.41) is 22.0. The first kappa shape index (κ1) is 48.4. The summed E-state index contributed by atoms with van der Waals surface area (Å²) in [6, 6.07) is 20.3. The van der Waals surface area contributed by atoms with Crippen LogP contribution in [0.3, 0.4) is 0 Å². The van der Waals surface area contributed by atoms with Crippen molar-refractivity contribution in [2.45, 2.75) is 27.7 Å². The highest BCUT2D eigenvalue weighted by atomic mass is 35.5. The van der Waals surface area contributed by atoms with Gasteiger partial charge in [0, 0.05) is 116 Å². The molecular weight excluding hydrogens is 844 g/mol. The number of rotatable bonds is 17. The first-order valence-corrected chi connectivity index (χ1v) is 21.8. The van der Waals surface area contributed by atoms with Crippen LogP contribution in [-0.2, 0) is 33.0 Å². The van der Waals surface area contributed by atoms with E-state index in [1.54, 1.807) is 45.5 Å². The van der Waals surface area contributed by atoms with Gasteiger partial charge in [-0.3, -0.25) is 9.36 Å². The van der Waals surface area contributed by atoms with Crippen LogP contribution in [0.25, 0.3) is 56.0 Å². The van der Waals surface area contributed by atoms with Crippen molar-refractivity contribution in [2.24, 2.45) is 14.1 Å². The molecule has 0 aliphatic rings. The van der Waals surface area contributed by atoms with Gasteiger partial charge >= 0.3 is 0 Å². The van der Waals surface area contributed by atoms with E-state index >= 15 is 0 Å². The van der Waals surface area contributed by atoms with Crippen molar-refractivity contribution in [3.63, 3.8) is 0 Å². The van der Waals surface area contributed by atoms with Gasteiger partial charge in [0.2, 0.25) is 0 Å². The Kier molecular flexibility index (Phi) is 17.3. The molecule has 0 atom stereocenters. The molecule has 0 aliphatic heterocycles. The summed E-state index contributed by atoms with van der Waals surface area (Å²) in [6.45, 7) is 14.3. The van der Waals surface area contributed by atoms with Gasteiger partial charge in [-0.05, 0) is 87.4 Å². The van der Waals surface area contributed by atoms with Crippen LogP contribution in [0.5, 0.6) is 0 Å². The smallest absolute Gasteiger partial charge is 0.119 e. The fourth-order valence-corrected chi connectivity index (χ4v) is 7.89. The molecule has 17 heteroatoms. The molecule has 6 aromatic heterocycles. The number of ether oxygens (including phenoxy) is 4. The molecule has 0 bridgehead atoms. The lowest BCUT2D eigenvalue weighted by atomic mass is 10.0. The monoisotopic (exact) mass is 904 g/mol. The lowest BCUT2D eigenvalue weighted by molar-refractivity contribution is 0.180. The zero-order valence-electron chi connectivity index (χ0n) is 39.2. The summed E-state index contributed by atoms with van der Waals surface area (Å²) < 4.78 is 27.8. The largest absolute Gasteiger partial charge is 0.383 e. The van der Waals surface area contributed by atoms with Gasteiger partial charge in [-0.15, -0.1) is 0 Å². The maximum absolute atomic E-state index is 6.39. The fourth-order valence-electron chi connectivity index (χ4n) is 7.52. The quantitative estimate of drug-likeness (QED) is 0.0903. The van der Waals surface area contributed by atoms with E-state index in [1.165, 1.54) is 0 Å². The first-order valence-electron chi connectivity index (χ1n) is 21.5. The molecule has 0 spiro atoms. The van der Waals surface area contributed by atoms with Crippen LogP contribution in [0.15, 0.2) is 85.5 Å². The fraction of sp³-hybridized carbons (Fsp3) is 0.375. The average Bonchev–Trinajstić information content (AvgIpc) is 4.13. The number of halogens is 1. The van der Waals surface area contributed by atoms with Crippen molar-refractivity contribution in [2.75, 3.05) is 85.9 Å². The molecule has 0 radical (unpaired) electrons. The zero-order chi connectivity index (χ0) is 46.5. The summed E-state index contributed by atoms with van der Waals surface area (Å²) in [4.78, 5) is 11.8. The number of pyridine rings is 2. The maximum atomic E-state index is 6.39. The Hall–Kier alpha value is -6.01. The van der Waals surface area contributed by atoms with Crippen LogP contribution < -0.4 is 10.2 Å². The predicted octanol–water partition coefficient (Wildman–Crippen LogP) is 7.50. The first-order chi connectivity index (χ1) is 31.5. The van der Waals surface area contributed by atoms with Gasteiger partial charge in [0.1, 0.15) is 33.5 Å². The molecule has 0 saturated heterocycles. The highest BCUT2D eigenvalue weighted by Gasteiger charge is 2.22. The summed E-state index contributed by atoms with van der Waals surface area (Å²) >= 11 is 6.39. The Morgan fingerprint density at radius 3 is 1.51 bits per heavy atom. The third-order valence-corrected chi connectivity index (χ3v) is 11.0. The maximum Gasteiger partial charge on any atom is 0.119 e. The van der Waals surface area contributed by atoms with E-state index in [9.17, 15) is 0 Å². The number of methoxy groups -OCH3 is 4. The van der Waals surface area contributed by atoms with E-state index in [0.29, 0.717) is 18.2 Å². The SMILES string of the molecule is COCCN(CCOC)c1cc(C)nc2c(-c3ccc(-n4cccn4)cc3C)nn(C)c12.COCCNCCOC.Cc1cc(Cl)c2c(n1)c(-c1ccc(-n3cccn3)cc1C)nn2C. The lowest BCUT2D eigenvalue weighted by Crippen LogP contribution is -2.31. The van der Waals surface area contributed by atoms with Crippen molar-refractivity contribution in [1.29, 1.82) is 0 Å². The Morgan fingerprint density at radius 1 is 0.600 bits per heavy atom. The van der Waals surface area contributed by atoms with Gasteiger partial charge in [0.05, 0.1) is 48.5 Å². The molecule has 344 valence electrons. The van der Waals surface area contributed by atoms with Crippen molar-refractivity contribution in [3.05, 3.63) is 113 Å². The molecule has 0 unspecified atom stereocenters. The van der Waals surface area contributed by atoms with Crippen molar-refractivity contribution >= 4 is 39.4 Å². The number of benzene rings is 2. The second kappa shape index (κ2) is 23.3. The standard InChI is InChI=1S/C24H30N6O2.C18H16ClN5.C6H15NO2/c1-17-15-19(30-10-6-9-25-30)7-8-20(17)22-23-24(28(3)27-22)21(16-18(2)26-23)29(11-13-31-4)12-14-32-5;1-11-9-13(24-8-4-7-20-24)5-6-14(11)16-17-18(23(3)22-16)15(19)10-12(2)21-17;1-8-5-3-7-4-6-9-2/h6-10,15-16H,11-14H2,1-5H3;4-10H,1-3H3;7H,3-6H2,1-2H3. The molecule has 16 nitrogen and oxygen atoms in total. The number of fused-ring (bicyclic) bond motifs is 2. The van der Waals surface area contributed by atoms with E-state index in [1.807, 2.05) is 78.6 Å². The minimum Gasteiger partial charge on any atom is -0.383 e. The third kappa shape index (κ3) is 11.8. The minimum absolute atomic E-state index is 0.630. The highest BCUT2D eigenvalue weighted by molar-refractivity contribution is 6.35. The summed E-state index contributed by atoms with van der Waals surface area (Å²) in [5.41, 5.74) is 14.6. The van der Waals surface area contributed by atoms with E-state index in [4.69, 9.17) is 40.6 Å². The zero-order valence-corrected chi connectivity index (χ0v) is 39.9. The van der Waals surface area contributed by atoms with Gasteiger partial charge in [0.15, 0.2) is 0 Å². The number of hydrogen-bond donors (Lipinski definition) is 1. The van der Waals surface area contributed by atoms with Crippen LogP contribution in [0.2, 0.25) is 5.02 Å². The Bertz CT molecular complexity index is 2740. The summed E-state index contributed by atoms with van der Waals surface area (Å²) in [6.07, 6.45) is 7.42. The number of nitrogens with one attached hydrogen (secondary N) is 1. The molecule has 0 aliphatic carbocycles. The molecule has 65 heavy (non-hydrogen) atoms. The number of anilines is 1. The number of aromatic nitrogens is 10. The van der Waals surface area contributed by atoms with Crippen LogP contribution in [0, 0.1) is 27.7 Å². The molecule has 8 rings (SSSR count). The molecule has 0 saturated carbocycles. The van der Waals surface area contributed by atoms with Gasteiger partial charge in [0.25, 0.3) is 0 Å². The van der Waals surface area contributed by atoms with Gasteiger partial charge in [-0.1, -0.05) is 23.7 Å². The summed E-state index contributed by atoms with van der Waals surface area (Å²) in [5.74, 6) is 0. The Morgan fingerprint density at radius 2 is 1.06 bits per heavy atom. The molecule has 0 amide bonds. The molecule has 1 N–H and O–H groups in total. The number of hydrogen-bond acceptors (Lipinski definition) is 12. The molecule has 8 aromatic rings.